The molecule has 8 nitrogen and oxygen atoms in total. The summed E-state index contributed by atoms with van der Waals surface area (Å²) >= 11 is 11.3. The number of carbonyl (C=O) groups excluding carboxylic acids is 1. The highest BCUT2D eigenvalue weighted by Crippen LogP contribution is 2.23. The van der Waals surface area contributed by atoms with Crippen LogP contribution in [-0.4, -0.2) is 27.5 Å². The third kappa shape index (κ3) is 6.46. The number of carbonyl (C=O) groups is 1. The highest BCUT2D eigenvalue weighted by molar-refractivity contribution is 7.80. The molecule has 0 radical (unpaired) electrons. The van der Waals surface area contributed by atoms with Crippen LogP contribution < -0.4 is 16.0 Å². The van der Waals surface area contributed by atoms with Crippen LogP contribution in [0.25, 0.3) is 0 Å². The number of thiocarbonyl (C=S) groups is 1. The van der Waals surface area contributed by atoms with Gasteiger partial charge in [0.2, 0.25) is 0 Å². The Labute approximate surface area is 188 Å². The number of amides is 1. The Kier molecular flexibility index (Phi) is 7.47. The Hall–Kier alpha value is -3.56. The average Bonchev–Trinajstić information content (AvgIpc) is 2.75. The summed E-state index contributed by atoms with van der Waals surface area (Å²) in [4.78, 5) is 26.8. The van der Waals surface area contributed by atoms with Crippen LogP contribution in [0.2, 0.25) is 5.02 Å². The molecule has 0 spiro atoms. The summed E-state index contributed by atoms with van der Waals surface area (Å²) in [6, 6.07) is 14.7. The van der Waals surface area contributed by atoms with Crippen LogP contribution in [0.5, 0.6) is 0 Å². The Morgan fingerprint density at radius 1 is 1.10 bits per heavy atom. The first-order valence-electron chi connectivity index (χ1n) is 9.21. The number of rotatable bonds is 7. The fraction of sp³-hybridized carbons (Fsp3) is 0.0952. The van der Waals surface area contributed by atoms with Crippen molar-refractivity contribution < 1.29 is 9.72 Å². The summed E-state index contributed by atoms with van der Waals surface area (Å²) in [6.45, 7) is 0.626. The highest BCUT2D eigenvalue weighted by Gasteiger charge is 2.16. The minimum Gasteiger partial charge on any atom is -0.362 e. The lowest BCUT2D eigenvalue weighted by atomic mass is 10.1. The van der Waals surface area contributed by atoms with Gasteiger partial charge in [-0.2, -0.15) is 0 Å². The monoisotopic (exact) mass is 455 g/mol. The third-order valence-electron chi connectivity index (χ3n) is 4.24. The first kappa shape index (κ1) is 22.1. The van der Waals surface area contributed by atoms with E-state index in [9.17, 15) is 14.9 Å². The molecule has 3 N–H and O–H groups in total. The van der Waals surface area contributed by atoms with Crippen molar-refractivity contribution in [3.8, 4) is 0 Å². The number of aromatic nitrogens is 1. The van der Waals surface area contributed by atoms with Gasteiger partial charge < -0.3 is 16.0 Å². The predicted octanol–water partition coefficient (Wildman–Crippen LogP) is 4.42. The molecule has 2 aromatic carbocycles. The van der Waals surface area contributed by atoms with E-state index in [1.54, 1.807) is 24.5 Å². The zero-order chi connectivity index (χ0) is 22.2. The standard InChI is InChI=1S/C21H18ClN5O3S/c22-19-8-7-17(27(29)30)12-18(19)20(28)25-15-5-3-14(4-6-15)9-11-24-21(31)26-16-2-1-10-23-13-16/h1-8,10,12-13H,9,11H2,(H,25,28)(H2,24,26,31). The molecule has 3 rings (SSSR count). The second kappa shape index (κ2) is 10.5. The molecule has 3 aromatic rings. The maximum absolute atomic E-state index is 12.4. The van der Waals surface area contributed by atoms with E-state index in [2.05, 4.69) is 20.9 Å². The maximum atomic E-state index is 12.4. The number of nitrogens with zero attached hydrogens (tertiary/aromatic N) is 2. The maximum Gasteiger partial charge on any atom is 0.270 e. The third-order valence-corrected chi connectivity index (χ3v) is 4.81. The zero-order valence-electron chi connectivity index (χ0n) is 16.2. The number of nitro benzene ring substituents is 1. The molecule has 0 bridgehead atoms. The molecule has 1 amide bonds. The van der Waals surface area contributed by atoms with Crippen LogP contribution in [-0.2, 0) is 6.42 Å². The minimum absolute atomic E-state index is 0.0405. The predicted molar refractivity (Wildman–Crippen MR) is 125 cm³/mol. The second-order valence-electron chi connectivity index (χ2n) is 6.44. The number of anilines is 2. The molecule has 1 heterocycles. The van der Waals surface area contributed by atoms with Gasteiger partial charge in [-0.05, 0) is 54.5 Å². The van der Waals surface area contributed by atoms with Crippen molar-refractivity contribution in [2.24, 2.45) is 0 Å². The van der Waals surface area contributed by atoms with E-state index in [4.69, 9.17) is 23.8 Å². The number of pyridine rings is 1. The van der Waals surface area contributed by atoms with Crippen molar-refractivity contribution in [1.82, 2.24) is 10.3 Å². The van der Waals surface area contributed by atoms with E-state index >= 15 is 0 Å². The summed E-state index contributed by atoms with van der Waals surface area (Å²) in [7, 11) is 0. The summed E-state index contributed by atoms with van der Waals surface area (Å²) in [5.74, 6) is -0.519. The number of nitro groups is 1. The van der Waals surface area contributed by atoms with Crippen LogP contribution in [0, 0.1) is 10.1 Å². The van der Waals surface area contributed by atoms with Gasteiger partial charge in [-0.1, -0.05) is 23.7 Å². The lowest BCUT2D eigenvalue weighted by molar-refractivity contribution is -0.384. The first-order valence-corrected chi connectivity index (χ1v) is 10.00. The fourth-order valence-electron chi connectivity index (χ4n) is 2.69. The normalized spacial score (nSPS) is 10.2. The Bertz CT molecular complexity index is 1090. The summed E-state index contributed by atoms with van der Waals surface area (Å²) in [6.07, 6.45) is 4.09. The summed E-state index contributed by atoms with van der Waals surface area (Å²) in [5.41, 5.74) is 2.25. The molecule has 0 aliphatic carbocycles. The van der Waals surface area contributed by atoms with Crippen molar-refractivity contribution in [3.05, 3.63) is 93.3 Å². The van der Waals surface area contributed by atoms with E-state index in [-0.39, 0.29) is 16.3 Å². The SMILES string of the molecule is O=C(Nc1ccc(CCNC(=S)Nc2cccnc2)cc1)c1cc([N+](=O)[O-])ccc1Cl. The molecule has 1 aromatic heterocycles. The van der Waals surface area contributed by atoms with Crippen molar-refractivity contribution in [2.45, 2.75) is 6.42 Å². The molecule has 158 valence electrons. The van der Waals surface area contributed by atoms with Gasteiger partial charge in [0.05, 0.1) is 27.4 Å². The molecule has 31 heavy (non-hydrogen) atoms. The number of nitrogens with one attached hydrogen (secondary N) is 3. The van der Waals surface area contributed by atoms with Crippen molar-refractivity contribution >= 4 is 51.9 Å². The number of hydrogen-bond acceptors (Lipinski definition) is 5. The highest BCUT2D eigenvalue weighted by atomic mass is 35.5. The molecule has 0 aliphatic rings. The minimum atomic E-state index is -0.576. The Morgan fingerprint density at radius 2 is 1.87 bits per heavy atom. The smallest absolute Gasteiger partial charge is 0.270 e. The van der Waals surface area contributed by atoms with Crippen molar-refractivity contribution in [2.75, 3.05) is 17.2 Å². The van der Waals surface area contributed by atoms with Gasteiger partial charge in [-0.15, -0.1) is 0 Å². The fourth-order valence-corrected chi connectivity index (χ4v) is 3.11. The second-order valence-corrected chi connectivity index (χ2v) is 7.26. The summed E-state index contributed by atoms with van der Waals surface area (Å²) < 4.78 is 0. The van der Waals surface area contributed by atoms with Gasteiger partial charge in [0.15, 0.2) is 5.11 Å². The number of halogens is 1. The van der Waals surface area contributed by atoms with Crippen molar-refractivity contribution in [3.63, 3.8) is 0 Å². The molecule has 0 unspecified atom stereocenters. The van der Waals surface area contributed by atoms with E-state index in [1.807, 2.05) is 24.3 Å². The van der Waals surface area contributed by atoms with E-state index in [0.717, 1.165) is 23.7 Å². The molecule has 10 heteroatoms. The lowest BCUT2D eigenvalue weighted by Gasteiger charge is -2.11. The summed E-state index contributed by atoms with van der Waals surface area (Å²) in [5, 5.41) is 20.4. The topological polar surface area (TPSA) is 109 Å². The van der Waals surface area contributed by atoms with Gasteiger partial charge in [0, 0.05) is 30.6 Å². The van der Waals surface area contributed by atoms with Gasteiger partial charge in [0.1, 0.15) is 0 Å². The molecular weight excluding hydrogens is 438 g/mol. The van der Waals surface area contributed by atoms with Crippen LogP contribution >= 0.6 is 23.8 Å². The van der Waals surface area contributed by atoms with E-state index < -0.39 is 10.8 Å². The van der Waals surface area contributed by atoms with Crippen LogP contribution in [0.4, 0.5) is 17.1 Å². The largest absolute Gasteiger partial charge is 0.362 e. The molecule has 0 aliphatic heterocycles. The molecule has 0 atom stereocenters. The van der Waals surface area contributed by atoms with Gasteiger partial charge in [-0.3, -0.25) is 19.9 Å². The van der Waals surface area contributed by atoms with Crippen molar-refractivity contribution in [1.29, 1.82) is 0 Å². The quantitative estimate of drug-likeness (QED) is 0.275. The molecule has 0 fully saturated rings. The van der Waals surface area contributed by atoms with Gasteiger partial charge >= 0.3 is 0 Å². The Balaban J connectivity index is 1.51. The van der Waals surface area contributed by atoms with Gasteiger partial charge in [-0.25, -0.2) is 0 Å². The Morgan fingerprint density at radius 3 is 2.55 bits per heavy atom. The zero-order valence-corrected chi connectivity index (χ0v) is 17.7. The first-order chi connectivity index (χ1) is 14.9. The van der Waals surface area contributed by atoms with E-state index in [0.29, 0.717) is 17.3 Å². The van der Waals surface area contributed by atoms with E-state index in [1.165, 1.54) is 12.1 Å². The molecule has 0 saturated heterocycles. The number of benzene rings is 2. The number of non-ortho nitro benzene ring substituents is 1. The number of hydrogen-bond donors (Lipinski definition) is 3. The lowest BCUT2D eigenvalue weighted by Crippen LogP contribution is -2.30. The van der Waals surface area contributed by atoms with Crippen LogP contribution in [0.3, 0.4) is 0 Å². The molecular formula is C21H18ClN5O3S. The molecule has 0 saturated carbocycles. The van der Waals surface area contributed by atoms with Gasteiger partial charge in [0.25, 0.3) is 11.6 Å². The van der Waals surface area contributed by atoms with Crippen LogP contribution in [0.15, 0.2) is 67.0 Å². The van der Waals surface area contributed by atoms with Crippen LogP contribution in [0.1, 0.15) is 15.9 Å². The average molecular weight is 456 g/mol.